The zero-order valence-corrected chi connectivity index (χ0v) is 14.7. The maximum atomic E-state index is 12.7. The fourth-order valence-corrected chi connectivity index (χ4v) is 2.29. The van der Waals surface area contributed by atoms with Crippen molar-refractivity contribution in [3.63, 3.8) is 0 Å². The summed E-state index contributed by atoms with van der Waals surface area (Å²) in [7, 11) is 1.14. The number of methoxy groups -OCH3 is 1. The Labute approximate surface area is 157 Å². The number of ether oxygens (including phenoxy) is 3. The number of alkyl halides is 3. The summed E-state index contributed by atoms with van der Waals surface area (Å²) in [4.78, 5) is 11.9. The van der Waals surface area contributed by atoms with Crippen molar-refractivity contribution in [1.29, 1.82) is 5.26 Å². The monoisotopic (exact) mass is 399 g/mol. The van der Waals surface area contributed by atoms with Gasteiger partial charge in [-0.1, -0.05) is 23.7 Å². The third-order valence-corrected chi connectivity index (χ3v) is 3.69. The van der Waals surface area contributed by atoms with Crippen molar-refractivity contribution in [2.75, 3.05) is 13.7 Å². The van der Waals surface area contributed by atoms with Gasteiger partial charge < -0.3 is 14.2 Å². The lowest BCUT2D eigenvalue weighted by Gasteiger charge is -2.19. The van der Waals surface area contributed by atoms with Crippen LogP contribution in [0.2, 0.25) is 5.02 Å². The van der Waals surface area contributed by atoms with Crippen LogP contribution in [0.15, 0.2) is 42.5 Å². The molecule has 27 heavy (non-hydrogen) atoms. The number of nitriles is 1. The summed E-state index contributed by atoms with van der Waals surface area (Å²) in [6.45, 7) is -0.391. The second-order valence-corrected chi connectivity index (χ2v) is 5.60. The van der Waals surface area contributed by atoms with Gasteiger partial charge in [-0.15, -0.1) is 0 Å². The molecule has 0 amide bonds. The van der Waals surface area contributed by atoms with Crippen LogP contribution < -0.4 is 9.47 Å². The van der Waals surface area contributed by atoms with Gasteiger partial charge in [0.1, 0.15) is 24.2 Å². The largest absolute Gasteiger partial charge is 0.488 e. The van der Waals surface area contributed by atoms with Crippen LogP contribution in [0, 0.1) is 11.3 Å². The van der Waals surface area contributed by atoms with Crippen molar-refractivity contribution in [3.05, 3.63) is 58.6 Å². The van der Waals surface area contributed by atoms with Gasteiger partial charge in [0.25, 0.3) is 0 Å². The first-order valence-corrected chi connectivity index (χ1v) is 7.87. The topological polar surface area (TPSA) is 68.6 Å². The number of benzene rings is 2. The summed E-state index contributed by atoms with van der Waals surface area (Å²) < 4.78 is 53.5. The van der Waals surface area contributed by atoms with Gasteiger partial charge in [-0.2, -0.15) is 18.4 Å². The fraction of sp³-hybridized carbons (Fsp3) is 0.222. The quantitative estimate of drug-likeness (QED) is 0.680. The Morgan fingerprint density at radius 3 is 2.52 bits per heavy atom. The molecule has 0 aliphatic rings. The Morgan fingerprint density at radius 1 is 1.22 bits per heavy atom. The molecule has 0 aliphatic carbocycles. The van der Waals surface area contributed by atoms with E-state index in [-0.39, 0.29) is 22.1 Å². The van der Waals surface area contributed by atoms with E-state index < -0.39 is 30.4 Å². The van der Waals surface area contributed by atoms with Gasteiger partial charge in [0, 0.05) is 0 Å². The van der Waals surface area contributed by atoms with Crippen molar-refractivity contribution >= 4 is 17.6 Å². The molecule has 0 saturated heterocycles. The van der Waals surface area contributed by atoms with Crippen LogP contribution in [0.25, 0.3) is 0 Å². The zero-order chi connectivity index (χ0) is 20.0. The molecule has 2 aromatic carbocycles. The predicted molar refractivity (Wildman–Crippen MR) is 89.5 cm³/mol. The van der Waals surface area contributed by atoms with Gasteiger partial charge in [-0.25, -0.2) is 4.79 Å². The molecule has 0 spiro atoms. The average molecular weight is 400 g/mol. The van der Waals surface area contributed by atoms with E-state index in [1.54, 1.807) is 12.1 Å². The van der Waals surface area contributed by atoms with Crippen LogP contribution in [0.3, 0.4) is 0 Å². The lowest BCUT2D eigenvalue weighted by molar-refractivity contribution is -0.150. The number of halogens is 4. The summed E-state index contributed by atoms with van der Waals surface area (Å²) in [5, 5.41) is 8.80. The van der Waals surface area contributed by atoms with Crippen molar-refractivity contribution in [3.8, 4) is 17.6 Å². The molecule has 0 heterocycles. The number of para-hydroxylation sites is 1. The van der Waals surface area contributed by atoms with Crippen LogP contribution in [0.1, 0.15) is 11.1 Å². The molecule has 0 fully saturated rings. The van der Waals surface area contributed by atoms with E-state index >= 15 is 0 Å². The SMILES string of the molecule is COC(=O)C(COc1ccc(C(F)(F)F)cc1Cl)Oc1ccccc1C#N. The molecule has 9 heteroatoms. The lowest BCUT2D eigenvalue weighted by Crippen LogP contribution is -2.34. The maximum absolute atomic E-state index is 12.7. The minimum Gasteiger partial charge on any atom is -0.488 e. The van der Waals surface area contributed by atoms with E-state index in [2.05, 4.69) is 4.74 Å². The molecule has 5 nitrogen and oxygen atoms in total. The average Bonchev–Trinajstić information content (AvgIpc) is 2.64. The number of esters is 1. The molecule has 1 unspecified atom stereocenters. The summed E-state index contributed by atoms with van der Waals surface area (Å²) in [6.07, 6.45) is -5.80. The zero-order valence-electron chi connectivity index (χ0n) is 13.9. The first kappa shape index (κ1) is 20.4. The molecule has 0 saturated carbocycles. The highest BCUT2D eigenvalue weighted by molar-refractivity contribution is 6.32. The van der Waals surface area contributed by atoms with E-state index in [0.717, 1.165) is 25.3 Å². The normalized spacial score (nSPS) is 12.0. The number of hydrogen-bond donors (Lipinski definition) is 0. The molecule has 0 bridgehead atoms. The van der Waals surface area contributed by atoms with Crippen LogP contribution in [0.5, 0.6) is 11.5 Å². The highest BCUT2D eigenvalue weighted by Gasteiger charge is 2.31. The van der Waals surface area contributed by atoms with Gasteiger partial charge in [-0.3, -0.25) is 0 Å². The molecular weight excluding hydrogens is 387 g/mol. The molecule has 1 atom stereocenters. The maximum Gasteiger partial charge on any atom is 0.416 e. The number of carbonyl (C=O) groups excluding carboxylic acids is 1. The predicted octanol–water partition coefficient (Wildman–Crippen LogP) is 4.23. The van der Waals surface area contributed by atoms with Crippen LogP contribution in [-0.2, 0) is 15.7 Å². The number of rotatable bonds is 6. The van der Waals surface area contributed by atoms with Crippen molar-refractivity contribution < 1.29 is 32.2 Å². The highest BCUT2D eigenvalue weighted by Crippen LogP contribution is 2.34. The molecular formula is C18H13ClF3NO4. The van der Waals surface area contributed by atoms with Gasteiger partial charge in [-0.05, 0) is 30.3 Å². The van der Waals surface area contributed by atoms with Crippen molar-refractivity contribution in [1.82, 2.24) is 0 Å². The Balaban J connectivity index is 2.16. The minimum absolute atomic E-state index is 0.0595. The summed E-state index contributed by atoms with van der Waals surface area (Å²) in [5.41, 5.74) is -0.734. The number of nitrogens with zero attached hydrogens (tertiary/aromatic N) is 1. The summed E-state index contributed by atoms with van der Waals surface area (Å²) >= 11 is 5.82. The minimum atomic E-state index is -4.54. The molecule has 0 aromatic heterocycles. The third-order valence-electron chi connectivity index (χ3n) is 3.39. The molecule has 2 rings (SSSR count). The second-order valence-electron chi connectivity index (χ2n) is 5.19. The highest BCUT2D eigenvalue weighted by atomic mass is 35.5. The first-order valence-electron chi connectivity index (χ1n) is 7.49. The summed E-state index contributed by atoms with van der Waals surface area (Å²) in [5.74, 6) is -0.709. The van der Waals surface area contributed by atoms with E-state index in [1.807, 2.05) is 6.07 Å². The molecule has 142 valence electrons. The summed E-state index contributed by atoms with van der Waals surface area (Å²) in [6, 6.07) is 10.7. The molecule has 0 N–H and O–H groups in total. The van der Waals surface area contributed by atoms with E-state index in [9.17, 15) is 18.0 Å². The van der Waals surface area contributed by atoms with Crippen molar-refractivity contribution in [2.45, 2.75) is 12.3 Å². The smallest absolute Gasteiger partial charge is 0.416 e. The Morgan fingerprint density at radius 2 is 1.93 bits per heavy atom. The van der Waals surface area contributed by atoms with E-state index in [1.165, 1.54) is 12.1 Å². The molecule has 2 aromatic rings. The van der Waals surface area contributed by atoms with Crippen LogP contribution in [-0.4, -0.2) is 25.8 Å². The van der Waals surface area contributed by atoms with E-state index in [4.69, 9.17) is 26.3 Å². The van der Waals surface area contributed by atoms with Crippen molar-refractivity contribution in [2.24, 2.45) is 0 Å². The molecule has 0 radical (unpaired) electrons. The first-order chi connectivity index (χ1) is 12.8. The van der Waals surface area contributed by atoms with Gasteiger partial charge in [0.05, 0.1) is 23.3 Å². The van der Waals surface area contributed by atoms with Crippen LogP contribution >= 0.6 is 11.6 Å². The number of hydrogen-bond acceptors (Lipinski definition) is 5. The lowest BCUT2D eigenvalue weighted by atomic mass is 10.2. The third kappa shape index (κ3) is 5.28. The standard InChI is InChI=1S/C18H13ClF3NO4/c1-25-17(24)16(27-14-5-3-2-4-11(14)9-23)10-26-15-7-6-12(8-13(15)19)18(20,21)22/h2-8,16H,10H2,1H3. The van der Waals surface area contributed by atoms with Gasteiger partial charge in [0.2, 0.25) is 6.10 Å². The van der Waals surface area contributed by atoms with Gasteiger partial charge in [0.15, 0.2) is 0 Å². The van der Waals surface area contributed by atoms with Crippen LogP contribution in [0.4, 0.5) is 13.2 Å². The second kappa shape index (κ2) is 8.64. The van der Waals surface area contributed by atoms with E-state index in [0.29, 0.717) is 0 Å². The number of carbonyl (C=O) groups is 1. The molecule has 0 aliphatic heterocycles. The Kier molecular flexibility index (Phi) is 6.53. The van der Waals surface area contributed by atoms with Gasteiger partial charge >= 0.3 is 12.1 Å². The fourth-order valence-electron chi connectivity index (χ4n) is 2.06. The Hall–Kier alpha value is -2.92. The Bertz CT molecular complexity index is 864.